The van der Waals surface area contributed by atoms with Crippen LogP contribution in [0.15, 0.2) is 47.6 Å². The second-order valence-corrected chi connectivity index (χ2v) is 9.82. The van der Waals surface area contributed by atoms with Crippen LogP contribution in [0.1, 0.15) is 37.7 Å². The quantitative estimate of drug-likeness (QED) is 0.534. The Morgan fingerprint density at radius 2 is 1.81 bits per heavy atom. The summed E-state index contributed by atoms with van der Waals surface area (Å²) in [5, 5.41) is 0. The fourth-order valence-electron chi connectivity index (χ4n) is 3.55. The molecule has 166 valence electrons. The molecule has 1 atom stereocenters. The average molecular weight is 444 g/mol. The predicted molar refractivity (Wildman–Crippen MR) is 120 cm³/mol. The molecule has 0 radical (unpaired) electrons. The van der Waals surface area contributed by atoms with Crippen LogP contribution in [0, 0.1) is 0 Å². The monoisotopic (exact) mass is 443 g/mol. The summed E-state index contributed by atoms with van der Waals surface area (Å²) in [6, 6.07) is 8.74. The Bertz CT molecular complexity index is 1170. The second-order valence-electron chi connectivity index (χ2n) is 7.67. The summed E-state index contributed by atoms with van der Waals surface area (Å²) in [4.78, 5) is 23.4. The number of imidazole rings is 1. The molecule has 0 aliphatic carbocycles. The maximum atomic E-state index is 12.8. The van der Waals surface area contributed by atoms with Crippen LogP contribution in [-0.2, 0) is 27.8 Å². The Labute approximate surface area is 183 Å². The molecule has 0 saturated carbocycles. The first-order chi connectivity index (χ1) is 14.7. The molecule has 0 aliphatic rings. The Balaban J connectivity index is 1.80. The van der Waals surface area contributed by atoms with Crippen molar-refractivity contribution in [1.82, 2.24) is 23.7 Å². The van der Waals surface area contributed by atoms with E-state index in [1.807, 2.05) is 30.5 Å². The fourth-order valence-corrected chi connectivity index (χ4v) is 4.47. The number of carbonyl (C=O) groups is 1. The van der Waals surface area contributed by atoms with Gasteiger partial charge in [0.25, 0.3) is 0 Å². The second kappa shape index (κ2) is 9.15. The van der Waals surface area contributed by atoms with Gasteiger partial charge in [0.2, 0.25) is 15.9 Å². The molecule has 3 aromatic rings. The first-order valence-electron chi connectivity index (χ1n) is 10.2. The first kappa shape index (κ1) is 22.9. The number of amides is 1. The predicted octanol–water partition coefficient (Wildman–Crippen LogP) is 2.85. The van der Waals surface area contributed by atoms with Gasteiger partial charge in [-0.3, -0.25) is 9.78 Å². The molecule has 2 heterocycles. The van der Waals surface area contributed by atoms with E-state index < -0.39 is 10.0 Å². The highest BCUT2D eigenvalue weighted by Gasteiger charge is 2.21. The summed E-state index contributed by atoms with van der Waals surface area (Å²) in [7, 11) is 1.28. The van der Waals surface area contributed by atoms with E-state index in [1.54, 1.807) is 42.5 Å². The number of aryl methyl sites for hydroxylation is 2. The van der Waals surface area contributed by atoms with Crippen LogP contribution in [0.4, 0.5) is 0 Å². The third kappa shape index (κ3) is 4.62. The van der Waals surface area contributed by atoms with Crippen molar-refractivity contribution in [1.29, 1.82) is 0 Å². The molecule has 0 bridgehead atoms. The number of carbonyl (C=O) groups excluding carboxylic acids is 1. The van der Waals surface area contributed by atoms with Crippen molar-refractivity contribution in [2.24, 2.45) is 0 Å². The molecule has 0 spiro atoms. The van der Waals surface area contributed by atoms with E-state index >= 15 is 0 Å². The number of benzene rings is 1. The van der Waals surface area contributed by atoms with Crippen LogP contribution in [-0.4, -0.2) is 59.2 Å². The molecule has 0 saturated heterocycles. The highest BCUT2D eigenvalue weighted by Crippen LogP contribution is 2.24. The molecule has 8 nitrogen and oxygen atoms in total. The summed E-state index contributed by atoms with van der Waals surface area (Å²) < 4.78 is 28.1. The van der Waals surface area contributed by atoms with E-state index in [2.05, 4.69) is 9.97 Å². The third-order valence-corrected chi connectivity index (χ3v) is 7.43. The molecule has 1 unspecified atom stereocenters. The normalized spacial score (nSPS) is 13.0. The summed E-state index contributed by atoms with van der Waals surface area (Å²) in [5.74, 6) is 0.796. The molecular weight excluding hydrogens is 414 g/mol. The summed E-state index contributed by atoms with van der Waals surface area (Å²) in [5.41, 5.74) is 2.51. The van der Waals surface area contributed by atoms with Gasteiger partial charge in [0.1, 0.15) is 5.82 Å². The van der Waals surface area contributed by atoms with Gasteiger partial charge in [-0.25, -0.2) is 17.7 Å². The summed E-state index contributed by atoms with van der Waals surface area (Å²) in [6.45, 7) is 4.68. The Hall–Kier alpha value is -2.78. The number of fused-ring (bicyclic) bond motifs is 1. The van der Waals surface area contributed by atoms with Gasteiger partial charge in [-0.05, 0) is 49.7 Å². The molecule has 9 heteroatoms. The van der Waals surface area contributed by atoms with E-state index in [0.717, 1.165) is 16.9 Å². The van der Waals surface area contributed by atoms with E-state index in [1.165, 1.54) is 18.4 Å². The van der Waals surface area contributed by atoms with Crippen LogP contribution in [0.5, 0.6) is 0 Å². The van der Waals surface area contributed by atoms with Crippen molar-refractivity contribution in [2.75, 3.05) is 21.1 Å². The van der Waals surface area contributed by atoms with Gasteiger partial charge in [-0.1, -0.05) is 0 Å². The Morgan fingerprint density at radius 1 is 1.13 bits per heavy atom. The molecule has 3 rings (SSSR count). The van der Waals surface area contributed by atoms with Crippen molar-refractivity contribution in [3.05, 3.63) is 54.1 Å². The lowest BCUT2D eigenvalue weighted by atomic mass is 10.1. The first-order valence-corrected chi connectivity index (χ1v) is 11.7. The molecule has 0 aliphatic heterocycles. The van der Waals surface area contributed by atoms with Gasteiger partial charge in [-0.15, -0.1) is 0 Å². The zero-order valence-corrected chi connectivity index (χ0v) is 19.4. The number of sulfonamides is 1. The highest BCUT2D eigenvalue weighted by atomic mass is 32.2. The van der Waals surface area contributed by atoms with Gasteiger partial charge in [-0.2, -0.15) is 0 Å². The molecule has 1 aromatic carbocycles. The molecule has 2 aromatic heterocycles. The van der Waals surface area contributed by atoms with Crippen LogP contribution in [0.2, 0.25) is 0 Å². The lowest BCUT2D eigenvalue weighted by Crippen LogP contribution is -2.30. The van der Waals surface area contributed by atoms with Crippen molar-refractivity contribution < 1.29 is 13.2 Å². The number of pyridine rings is 1. The molecule has 0 N–H and O–H groups in total. The van der Waals surface area contributed by atoms with Crippen LogP contribution in [0.25, 0.3) is 11.0 Å². The van der Waals surface area contributed by atoms with Gasteiger partial charge in [0.05, 0.1) is 22.0 Å². The van der Waals surface area contributed by atoms with Crippen molar-refractivity contribution in [2.45, 2.75) is 44.2 Å². The molecule has 0 fully saturated rings. The van der Waals surface area contributed by atoms with Gasteiger partial charge in [0.15, 0.2) is 0 Å². The van der Waals surface area contributed by atoms with Crippen molar-refractivity contribution >= 4 is 27.0 Å². The smallest absolute Gasteiger partial charge is 0.242 e. The number of hydrogen-bond acceptors (Lipinski definition) is 5. The number of nitrogens with zero attached hydrogens (tertiary/aromatic N) is 5. The summed E-state index contributed by atoms with van der Waals surface area (Å²) >= 11 is 0. The molecule has 31 heavy (non-hydrogen) atoms. The lowest BCUT2D eigenvalue weighted by molar-refractivity contribution is -0.131. The fraction of sp³-hybridized carbons (Fsp3) is 0.409. The minimum atomic E-state index is -3.53. The maximum Gasteiger partial charge on any atom is 0.242 e. The molecular formula is C22H29N5O3S. The molecule has 1 amide bonds. The van der Waals surface area contributed by atoms with Gasteiger partial charge in [0, 0.05) is 52.9 Å². The Kier molecular flexibility index (Phi) is 6.76. The van der Waals surface area contributed by atoms with E-state index in [-0.39, 0.29) is 16.8 Å². The number of hydrogen-bond donors (Lipinski definition) is 0. The van der Waals surface area contributed by atoms with Gasteiger partial charge >= 0.3 is 0 Å². The minimum absolute atomic E-state index is 0.0231. The van der Waals surface area contributed by atoms with Crippen LogP contribution in [0.3, 0.4) is 0 Å². The number of rotatable bonds is 8. The van der Waals surface area contributed by atoms with E-state index in [9.17, 15) is 13.2 Å². The van der Waals surface area contributed by atoms with E-state index in [0.29, 0.717) is 24.9 Å². The minimum Gasteiger partial charge on any atom is -0.339 e. The van der Waals surface area contributed by atoms with Crippen LogP contribution >= 0.6 is 0 Å². The third-order valence-electron chi connectivity index (χ3n) is 5.62. The van der Waals surface area contributed by atoms with Gasteiger partial charge < -0.3 is 9.47 Å². The topological polar surface area (TPSA) is 88.4 Å². The largest absolute Gasteiger partial charge is 0.339 e. The standard InChI is InChI=1S/C22H29N5O3S/c1-6-27-20-8-7-18(31(29,30)25(3)4)15-19(20)24-21(27)9-10-22(28)26(5)16(2)17-11-13-23-14-12-17/h7-8,11-16H,6,9-10H2,1-5H3. The van der Waals surface area contributed by atoms with Crippen LogP contribution < -0.4 is 0 Å². The zero-order valence-electron chi connectivity index (χ0n) is 18.6. The van der Waals surface area contributed by atoms with E-state index in [4.69, 9.17) is 0 Å². The lowest BCUT2D eigenvalue weighted by Gasteiger charge is -2.25. The van der Waals surface area contributed by atoms with Crippen molar-refractivity contribution in [3.63, 3.8) is 0 Å². The highest BCUT2D eigenvalue weighted by molar-refractivity contribution is 7.89. The summed E-state index contributed by atoms with van der Waals surface area (Å²) in [6.07, 6.45) is 4.24. The average Bonchev–Trinajstić information content (AvgIpc) is 3.13. The number of aromatic nitrogens is 3. The Morgan fingerprint density at radius 3 is 2.42 bits per heavy atom. The zero-order chi connectivity index (χ0) is 22.8. The van der Waals surface area contributed by atoms with Crippen molar-refractivity contribution in [3.8, 4) is 0 Å². The maximum absolute atomic E-state index is 12.8. The SMILES string of the molecule is CCn1c(CCC(=O)N(C)C(C)c2ccncc2)nc2cc(S(=O)(=O)N(C)C)ccc21.